The molecule has 2 aliphatic heterocycles. The molecular weight excluding hydrogens is 404 g/mol. The average molecular weight is 425 g/mol. The highest BCUT2D eigenvalue weighted by molar-refractivity contribution is 8.17. The third-order valence-electron chi connectivity index (χ3n) is 5.47. The number of carbonyl (C=O) groups is 1. The van der Waals surface area contributed by atoms with E-state index in [0.29, 0.717) is 10.7 Å². The van der Waals surface area contributed by atoms with Crippen LogP contribution in [0, 0.1) is 19.3 Å². The van der Waals surface area contributed by atoms with Crippen LogP contribution in [-0.4, -0.2) is 26.4 Å². The Labute approximate surface area is 184 Å². The standard InChI is InChI=1S/C25H20N4OS/c1-16-13-19(17(2)28(16)20-11-7-4-8-12-20)14-21-23(26)29-22(18-9-5-3-6-10-18)15-31-25(29)27-24(21)30/h3-15,26H,1-2H3. The summed E-state index contributed by atoms with van der Waals surface area (Å²) in [5, 5.41) is 11.3. The quantitative estimate of drug-likeness (QED) is 0.573. The molecule has 3 aromatic rings. The summed E-state index contributed by atoms with van der Waals surface area (Å²) in [6, 6.07) is 22.0. The van der Waals surface area contributed by atoms with Gasteiger partial charge in [-0.1, -0.05) is 60.3 Å². The highest BCUT2D eigenvalue weighted by Crippen LogP contribution is 2.37. The number of fused-ring (bicyclic) bond motifs is 1. The zero-order valence-electron chi connectivity index (χ0n) is 17.2. The number of nitrogens with zero attached hydrogens (tertiary/aromatic N) is 3. The van der Waals surface area contributed by atoms with Crippen molar-refractivity contribution in [2.45, 2.75) is 13.8 Å². The van der Waals surface area contributed by atoms with Crippen molar-refractivity contribution in [2.75, 3.05) is 0 Å². The number of benzene rings is 2. The van der Waals surface area contributed by atoms with E-state index >= 15 is 0 Å². The Morgan fingerprint density at radius 2 is 1.68 bits per heavy atom. The largest absolute Gasteiger partial charge is 0.318 e. The monoisotopic (exact) mass is 424 g/mol. The number of amidine groups is 2. The first-order chi connectivity index (χ1) is 15.0. The van der Waals surface area contributed by atoms with Crippen LogP contribution in [0.5, 0.6) is 0 Å². The van der Waals surface area contributed by atoms with E-state index in [0.717, 1.165) is 33.9 Å². The minimum atomic E-state index is -0.379. The maximum atomic E-state index is 12.8. The Morgan fingerprint density at radius 3 is 2.39 bits per heavy atom. The molecule has 1 amide bonds. The summed E-state index contributed by atoms with van der Waals surface area (Å²) in [6.07, 6.45) is 1.79. The predicted octanol–water partition coefficient (Wildman–Crippen LogP) is 5.40. The van der Waals surface area contributed by atoms with E-state index in [2.05, 4.69) is 21.7 Å². The highest BCUT2D eigenvalue weighted by atomic mass is 32.2. The van der Waals surface area contributed by atoms with Gasteiger partial charge < -0.3 is 4.57 Å². The van der Waals surface area contributed by atoms with Crippen LogP contribution >= 0.6 is 11.8 Å². The number of carbonyl (C=O) groups excluding carboxylic acids is 1. The number of rotatable bonds is 3. The van der Waals surface area contributed by atoms with Crippen LogP contribution in [0.15, 0.2) is 82.7 Å². The maximum absolute atomic E-state index is 12.8. The Balaban J connectivity index is 1.56. The van der Waals surface area contributed by atoms with E-state index in [4.69, 9.17) is 5.41 Å². The third-order valence-corrected chi connectivity index (χ3v) is 6.29. The van der Waals surface area contributed by atoms with Gasteiger partial charge in [0.25, 0.3) is 5.91 Å². The summed E-state index contributed by atoms with van der Waals surface area (Å²) in [5.74, 6) is -0.226. The SMILES string of the molecule is Cc1cc(C=C2C(=N)N3C(c4ccccc4)=CSC3=NC2=O)c(C)n1-c1ccccc1. The van der Waals surface area contributed by atoms with Crippen LogP contribution in [-0.2, 0) is 4.79 Å². The van der Waals surface area contributed by atoms with Gasteiger partial charge in [0.15, 0.2) is 5.17 Å². The fraction of sp³-hybridized carbons (Fsp3) is 0.0800. The van der Waals surface area contributed by atoms with Crippen LogP contribution in [0.1, 0.15) is 22.5 Å². The number of hydrogen-bond acceptors (Lipinski definition) is 3. The van der Waals surface area contributed by atoms with E-state index in [1.165, 1.54) is 11.8 Å². The van der Waals surface area contributed by atoms with Crippen molar-refractivity contribution in [3.63, 3.8) is 0 Å². The first kappa shape index (κ1) is 19.3. The first-order valence-electron chi connectivity index (χ1n) is 9.95. The molecule has 6 heteroatoms. The van der Waals surface area contributed by atoms with Crippen LogP contribution in [0.2, 0.25) is 0 Å². The van der Waals surface area contributed by atoms with Crippen LogP contribution in [0.25, 0.3) is 17.5 Å². The summed E-state index contributed by atoms with van der Waals surface area (Å²) >= 11 is 1.37. The first-order valence-corrected chi connectivity index (χ1v) is 10.8. The number of aromatic nitrogens is 1. The van der Waals surface area contributed by atoms with Crippen LogP contribution in [0.4, 0.5) is 0 Å². The summed E-state index contributed by atoms with van der Waals surface area (Å²) in [4.78, 5) is 18.8. The molecule has 0 spiro atoms. The van der Waals surface area contributed by atoms with Gasteiger partial charge in [0, 0.05) is 22.5 Å². The van der Waals surface area contributed by atoms with Gasteiger partial charge in [-0.3, -0.25) is 15.1 Å². The molecule has 0 atom stereocenters. The molecule has 1 N–H and O–H groups in total. The molecule has 2 aromatic carbocycles. The lowest BCUT2D eigenvalue weighted by Gasteiger charge is -2.26. The molecule has 152 valence electrons. The van der Waals surface area contributed by atoms with Gasteiger partial charge in [0.1, 0.15) is 5.84 Å². The Hall–Kier alpha value is -3.64. The van der Waals surface area contributed by atoms with E-state index in [1.54, 1.807) is 11.0 Å². The van der Waals surface area contributed by atoms with E-state index in [-0.39, 0.29) is 11.7 Å². The van der Waals surface area contributed by atoms with Crippen molar-refractivity contribution in [3.8, 4) is 5.69 Å². The second kappa shape index (κ2) is 7.56. The summed E-state index contributed by atoms with van der Waals surface area (Å²) in [6.45, 7) is 4.07. The normalized spacial score (nSPS) is 17.1. The fourth-order valence-electron chi connectivity index (χ4n) is 3.98. The van der Waals surface area contributed by atoms with Crippen molar-refractivity contribution < 1.29 is 4.79 Å². The summed E-state index contributed by atoms with van der Waals surface area (Å²) in [7, 11) is 0. The Morgan fingerprint density at radius 1 is 1.00 bits per heavy atom. The number of aliphatic imine (C=N–C) groups is 1. The molecule has 2 aliphatic rings. The smallest absolute Gasteiger partial charge is 0.283 e. The highest BCUT2D eigenvalue weighted by Gasteiger charge is 2.36. The number of aryl methyl sites for hydroxylation is 1. The molecule has 0 radical (unpaired) electrons. The third kappa shape index (κ3) is 3.25. The Kier molecular flexibility index (Phi) is 4.71. The van der Waals surface area contributed by atoms with Gasteiger partial charge in [-0.25, -0.2) is 0 Å². The molecule has 5 rings (SSSR count). The molecule has 0 fully saturated rings. The Bertz CT molecular complexity index is 1300. The minimum Gasteiger partial charge on any atom is -0.318 e. The zero-order chi connectivity index (χ0) is 21.5. The molecule has 1 aromatic heterocycles. The van der Waals surface area contributed by atoms with E-state index < -0.39 is 0 Å². The molecule has 0 saturated carbocycles. The number of nitrogens with one attached hydrogen (secondary N) is 1. The van der Waals surface area contributed by atoms with Crippen molar-refractivity contribution in [3.05, 3.63) is 100 Å². The lowest BCUT2D eigenvalue weighted by molar-refractivity contribution is -0.114. The number of hydrogen-bond donors (Lipinski definition) is 1. The average Bonchev–Trinajstić information content (AvgIpc) is 3.32. The van der Waals surface area contributed by atoms with Gasteiger partial charge in [0.05, 0.1) is 11.3 Å². The minimum absolute atomic E-state index is 0.152. The number of para-hydroxylation sites is 1. The predicted molar refractivity (Wildman–Crippen MR) is 127 cm³/mol. The fourth-order valence-corrected chi connectivity index (χ4v) is 4.87. The second-order valence-corrected chi connectivity index (χ2v) is 8.26. The van der Waals surface area contributed by atoms with Gasteiger partial charge in [-0.15, -0.1) is 0 Å². The van der Waals surface area contributed by atoms with Gasteiger partial charge in [0.2, 0.25) is 0 Å². The zero-order valence-corrected chi connectivity index (χ0v) is 18.0. The maximum Gasteiger partial charge on any atom is 0.283 e. The van der Waals surface area contributed by atoms with E-state index in [1.807, 2.05) is 73.9 Å². The van der Waals surface area contributed by atoms with Crippen LogP contribution < -0.4 is 0 Å². The molecule has 31 heavy (non-hydrogen) atoms. The van der Waals surface area contributed by atoms with Crippen molar-refractivity contribution >= 4 is 40.4 Å². The van der Waals surface area contributed by atoms with Gasteiger partial charge in [-0.2, -0.15) is 4.99 Å². The number of amides is 1. The lowest BCUT2D eigenvalue weighted by Crippen LogP contribution is -2.38. The molecule has 0 unspecified atom stereocenters. The van der Waals surface area contributed by atoms with Crippen molar-refractivity contribution in [1.82, 2.24) is 9.47 Å². The lowest BCUT2D eigenvalue weighted by atomic mass is 10.1. The van der Waals surface area contributed by atoms with Gasteiger partial charge in [-0.05, 0) is 49.2 Å². The van der Waals surface area contributed by atoms with Gasteiger partial charge >= 0.3 is 0 Å². The van der Waals surface area contributed by atoms with Crippen LogP contribution in [0.3, 0.4) is 0 Å². The van der Waals surface area contributed by atoms with Crippen molar-refractivity contribution in [1.29, 1.82) is 5.41 Å². The molecule has 0 saturated heterocycles. The molecule has 0 bridgehead atoms. The molecule has 3 heterocycles. The second-order valence-electron chi connectivity index (χ2n) is 7.43. The number of thioether (sulfide) groups is 1. The molecular formula is C25H20N4OS. The summed E-state index contributed by atoms with van der Waals surface area (Å²) in [5.41, 5.74) is 6.20. The van der Waals surface area contributed by atoms with E-state index in [9.17, 15) is 4.79 Å². The van der Waals surface area contributed by atoms with Crippen molar-refractivity contribution in [2.24, 2.45) is 4.99 Å². The molecule has 0 aliphatic carbocycles. The summed E-state index contributed by atoms with van der Waals surface area (Å²) < 4.78 is 2.15. The topological polar surface area (TPSA) is 61.5 Å². The molecule has 5 nitrogen and oxygen atoms in total.